The fourth-order valence-corrected chi connectivity index (χ4v) is 11.5. The molecule has 3 aliphatic heterocycles. The lowest BCUT2D eigenvalue weighted by molar-refractivity contribution is -0.265. The van der Waals surface area contributed by atoms with Crippen LogP contribution in [0.3, 0.4) is 0 Å². The van der Waals surface area contributed by atoms with Crippen molar-refractivity contribution in [1.82, 2.24) is 4.90 Å². The highest BCUT2D eigenvalue weighted by atomic mass is 16.6. The molecule has 1 aliphatic carbocycles. The van der Waals surface area contributed by atoms with Crippen LogP contribution in [0.5, 0.6) is 0 Å². The van der Waals surface area contributed by atoms with Gasteiger partial charge in [-0.25, -0.2) is 4.79 Å². The van der Waals surface area contributed by atoms with Gasteiger partial charge in [-0.2, -0.15) is 0 Å². The number of aliphatic hydroxyl groups excluding tert-OH is 1. The van der Waals surface area contributed by atoms with Gasteiger partial charge in [-0.05, 0) is 113 Å². The largest absolute Gasteiger partial charge is 0.461 e. The van der Waals surface area contributed by atoms with Crippen LogP contribution in [0.1, 0.15) is 144 Å². The van der Waals surface area contributed by atoms with Crippen molar-refractivity contribution in [2.75, 3.05) is 27.9 Å². The van der Waals surface area contributed by atoms with E-state index in [1.165, 1.54) is 19.1 Å². The Bertz CT molecular complexity index is 2340. The second-order valence-corrected chi connectivity index (χ2v) is 22.7. The van der Waals surface area contributed by atoms with E-state index in [1.54, 1.807) is 40.9 Å². The van der Waals surface area contributed by atoms with Crippen molar-refractivity contribution in [2.45, 2.75) is 200 Å². The van der Waals surface area contributed by atoms with Crippen LogP contribution in [0.25, 0.3) is 0 Å². The van der Waals surface area contributed by atoms with Crippen LogP contribution in [0.2, 0.25) is 0 Å². The molecule has 0 radical (unpaired) electrons. The topological polar surface area (TPSA) is 228 Å². The average molecular weight is 1100 g/mol. The number of hydrogen-bond acceptors (Lipinski definition) is 16. The monoisotopic (exact) mass is 1100 g/mol. The lowest BCUT2D eigenvalue weighted by atomic mass is 9.78. The van der Waals surface area contributed by atoms with E-state index in [9.17, 15) is 43.8 Å². The van der Waals surface area contributed by atoms with Gasteiger partial charge in [0.05, 0.1) is 31.2 Å². The number of hydrogen-bond donors (Lipinski definition) is 2. The van der Waals surface area contributed by atoms with Crippen LogP contribution in [-0.4, -0.2) is 139 Å². The van der Waals surface area contributed by atoms with Gasteiger partial charge in [-0.3, -0.25) is 28.8 Å². The normalized spacial score (nSPS) is 35.1. The van der Waals surface area contributed by atoms with Gasteiger partial charge in [0.2, 0.25) is 5.79 Å². The van der Waals surface area contributed by atoms with E-state index < -0.39 is 108 Å². The molecule has 2 N–H and O–H groups in total. The number of fused-ring (bicyclic) bond motifs is 3. The molecule has 3 heterocycles. The summed E-state index contributed by atoms with van der Waals surface area (Å²) in [7, 11) is 4.47. The van der Waals surface area contributed by atoms with E-state index in [2.05, 4.69) is 0 Å². The first-order valence-electron chi connectivity index (χ1n) is 28.5. The van der Waals surface area contributed by atoms with E-state index in [4.69, 9.17) is 33.2 Å². The minimum atomic E-state index is -2.47. The molecule has 3 fully saturated rings. The van der Waals surface area contributed by atoms with Gasteiger partial charge in [0.1, 0.15) is 42.8 Å². The fraction of sp³-hybridized carbons (Fsp3) is 0.661. The van der Waals surface area contributed by atoms with Crippen LogP contribution in [0.15, 0.2) is 77.9 Å². The Kier molecular flexibility index (Phi) is 25.5. The summed E-state index contributed by atoms with van der Waals surface area (Å²) in [6, 6.07) is 8.03. The second kappa shape index (κ2) is 31.2. The maximum Gasteiger partial charge on any atom is 0.329 e. The van der Waals surface area contributed by atoms with E-state index in [-0.39, 0.29) is 62.2 Å². The summed E-state index contributed by atoms with van der Waals surface area (Å²) >= 11 is 0. The van der Waals surface area contributed by atoms with Gasteiger partial charge < -0.3 is 48.3 Å². The minimum Gasteiger partial charge on any atom is -0.461 e. The van der Waals surface area contributed by atoms with Gasteiger partial charge in [0.25, 0.3) is 11.7 Å². The Balaban J connectivity index is 1.38. The van der Waals surface area contributed by atoms with Crippen LogP contribution in [-0.2, 0) is 73.3 Å². The molecule has 438 valence electrons. The molecule has 2 bridgehead atoms. The molecular formula is C62H89NO16. The van der Waals surface area contributed by atoms with Gasteiger partial charge in [-0.15, -0.1) is 0 Å². The maximum absolute atomic E-state index is 14.6. The number of allylic oxidation sites excluding steroid dienone is 6. The molecular weight excluding hydrogens is 1010 g/mol. The summed E-state index contributed by atoms with van der Waals surface area (Å²) in [6.07, 6.45) is 9.76. The smallest absolute Gasteiger partial charge is 0.329 e. The Labute approximate surface area is 467 Å². The molecule has 1 saturated carbocycles. The van der Waals surface area contributed by atoms with Gasteiger partial charge in [-0.1, -0.05) is 101 Å². The molecule has 0 spiro atoms. The minimum absolute atomic E-state index is 0.00748. The number of cyclic esters (lactones) is 1. The van der Waals surface area contributed by atoms with Crippen molar-refractivity contribution in [3.05, 3.63) is 83.5 Å². The lowest BCUT2D eigenvalue weighted by Gasteiger charge is -2.42. The van der Waals surface area contributed by atoms with Crippen LogP contribution < -0.4 is 0 Å². The molecule has 2 saturated heterocycles. The molecule has 1 aromatic rings. The number of esters is 3. The number of ketones is 3. The highest BCUT2D eigenvalue weighted by Crippen LogP contribution is 2.38. The highest BCUT2D eigenvalue weighted by molar-refractivity contribution is 6.39. The van der Waals surface area contributed by atoms with E-state index in [0.29, 0.717) is 69.8 Å². The molecule has 1 aromatic carbocycles. The van der Waals surface area contributed by atoms with E-state index in [0.717, 1.165) is 11.1 Å². The van der Waals surface area contributed by atoms with Crippen molar-refractivity contribution in [1.29, 1.82) is 0 Å². The zero-order valence-corrected chi connectivity index (χ0v) is 48.3. The number of rotatable bonds is 12. The van der Waals surface area contributed by atoms with Crippen LogP contribution >= 0.6 is 0 Å². The van der Waals surface area contributed by atoms with E-state index >= 15 is 0 Å². The molecule has 1 amide bonds. The van der Waals surface area contributed by atoms with Crippen LogP contribution in [0, 0.1) is 35.5 Å². The lowest BCUT2D eigenvalue weighted by Crippen LogP contribution is -2.61. The summed E-state index contributed by atoms with van der Waals surface area (Å²) in [4.78, 5) is 98.1. The number of ether oxygens (including phenoxy) is 7. The molecule has 5 rings (SSSR count). The number of carbonyl (C=O) groups is 7. The fourth-order valence-electron chi connectivity index (χ4n) is 11.5. The first kappa shape index (κ1) is 64.6. The standard InChI is InChI=1S/C62H89NO16/c1-38-19-13-11-14-20-39(2)51(73-8)35-47-26-24-44(7)62(72,79-47)59(69)60(70)63-30-18-17-23-48(63)61(71)78-52(36-49(64)40(3)32-43(6)57(68)58(75-10)56(67)42(5)31-38)41(4)33-46-25-27-50(53(34-46)74-9)77-55(66)29-28-54(65)76-37-45-21-15-12-16-22-45/h11-16,19-22,32,38,40-42,44,46-48,50-53,57-58,68,72H,17-18,23-31,33-37H2,1-10H3/b14-11+,19-13+,39-20+,43-32+/t38-,40-,41?,42-,44-,46+,47+,48+,50-,51+,52+,53-,57-,58+,62-/m1/s1. The predicted octanol–water partition coefficient (Wildman–Crippen LogP) is 8.26. The van der Waals surface area contributed by atoms with Crippen molar-refractivity contribution < 1.29 is 76.9 Å². The second-order valence-electron chi connectivity index (χ2n) is 22.7. The summed E-state index contributed by atoms with van der Waals surface area (Å²) in [5.41, 5.74) is 2.05. The Hall–Kier alpha value is -5.17. The van der Waals surface area contributed by atoms with Gasteiger partial charge in [0.15, 0.2) is 5.78 Å². The zero-order valence-electron chi connectivity index (χ0n) is 48.3. The third-order valence-electron chi connectivity index (χ3n) is 16.5. The van der Waals surface area contributed by atoms with Crippen molar-refractivity contribution in [2.24, 2.45) is 35.5 Å². The first-order chi connectivity index (χ1) is 37.6. The molecule has 15 atom stereocenters. The molecule has 79 heavy (non-hydrogen) atoms. The Morgan fingerprint density at radius 3 is 2.23 bits per heavy atom. The Morgan fingerprint density at radius 1 is 0.810 bits per heavy atom. The number of amides is 1. The first-order valence-corrected chi connectivity index (χ1v) is 28.5. The third kappa shape index (κ3) is 18.4. The predicted molar refractivity (Wildman–Crippen MR) is 294 cm³/mol. The number of Topliss-reactive ketones (excluding diaryl/α,β-unsaturated/α-hetero) is 3. The molecule has 17 heteroatoms. The zero-order chi connectivity index (χ0) is 58.0. The molecule has 17 nitrogen and oxygen atoms in total. The number of carbonyl (C=O) groups excluding carboxylic acids is 7. The number of nitrogens with zero attached hydrogens (tertiary/aromatic N) is 1. The summed E-state index contributed by atoms with van der Waals surface area (Å²) in [6.45, 7) is 12.7. The molecule has 4 aliphatic rings. The number of aliphatic hydroxyl groups is 2. The highest BCUT2D eigenvalue weighted by Gasteiger charge is 2.53. The van der Waals surface area contributed by atoms with Crippen molar-refractivity contribution >= 4 is 41.2 Å². The third-order valence-corrected chi connectivity index (χ3v) is 16.5. The van der Waals surface area contributed by atoms with Crippen molar-refractivity contribution in [3.8, 4) is 0 Å². The average Bonchev–Trinajstić information content (AvgIpc) is 3.44. The van der Waals surface area contributed by atoms with Gasteiger partial charge >= 0.3 is 17.9 Å². The van der Waals surface area contributed by atoms with Gasteiger partial charge in [0, 0.05) is 58.5 Å². The molecule has 1 unspecified atom stereocenters. The number of methoxy groups -OCH3 is 3. The SMILES string of the molecule is CO[C@H]1C[C@@H]2CC[C@@H](C)[C@@](O)(O2)C(=O)C(=O)N2CCCC[C@H]2C(=O)O[C@H](C(C)C[C@@H]2CC[C@@H](OC(=O)CCC(=O)OCc3ccccc3)[C@H](OC)C2)CC(=O)[C@H](C)/C=C(\C)[C@@H](O)[C@@H](OC)C(=O)[C@H](C)C[C@H](C)/C=C/C=C/C=C/1C. The maximum atomic E-state index is 14.6. The summed E-state index contributed by atoms with van der Waals surface area (Å²) in [5.74, 6) is -9.63. The summed E-state index contributed by atoms with van der Waals surface area (Å²) in [5, 5.41) is 23.6. The van der Waals surface area contributed by atoms with Crippen molar-refractivity contribution in [3.63, 3.8) is 0 Å². The summed E-state index contributed by atoms with van der Waals surface area (Å²) < 4.78 is 41.0. The van der Waals surface area contributed by atoms with Crippen LogP contribution in [0.4, 0.5) is 0 Å². The number of benzene rings is 1. The molecule has 0 aromatic heterocycles. The Morgan fingerprint density at radius 2 is 1.53 bits per heavy atom. The number of piperidine rings is 1. The quantitative estimate of drug-likeness (QED) is 0.0869. The van der Waals surface area contributed by atoms with E-state index in [1.807, 2.05) is 81.5 Å².